The largest absolute Gasteiger partial charge is 0.385 e. The van der Waals surface area contributed by atoms with Gasteiger partial charge in [-0.3, -0.25) is 0 Å². The summed E-state index contributed by atoms with van der Waals surface area (Å²) >= 11 is 0. The molecule has 0 aromatic rings. The molecule has 0 aliphatic rings. The number of aliphatic hydroxyl groups is 1. The van der Waals surface area contributed by atoms with Crippen molar-refractivity contribution in [1.82, 2.24) is 0 Å². The van der Waals surface area contributed by atoms with E-state index in [0.717, 1.165) is 5.37 Å². The molecule has 0 spiro atoms. The molecule has 0 heterocycles. The van der Waals surface area contributed by atoms with Crippen molar-refractivity contribution >= 4 is 15.7 Å². The van der Waals surface area contributed by atoms with Gasteiger partial charge in [0.25, 0.3) is 0 Å². The quantitative estimate of drug-likeness (QED) is 0.491. The Morgan fingerprint density at radius 3 is 1.88 bits per heavy atom. The Balaban J connectivity index is 4.34. The maximum atomic E-state index is 9.80. The molecule has 0 aromatic carbocycles. The van der Waals surface area contributed by atoms with Gasteiger partial charge in [-0.2, -0.15) is 8.42 Å². The Kier molecular flexibility index (Phi) is 2.18. The molecule has 1 N–H and O–H groups in total. The lowest BCUT2D eigenvalue weighted by molar-refractivity contribution is 0.161. The van der Waals surface area contributed by atoms with Crippen LogP contribution in [0.4, 0.5) is 0 Å². The first-order chi connectivity index (χ1) is 3.42. The molecule has 0 fully saturated rings. The van der Waals surface area contributed by atoms with Gasteiger partial charge in [-0.15, -0.1) is 0 Å². The van der Waals surface area contributed by atoms with E-state index < -0.39 is 15.9 Å². The van der Waals surface area contributed by atoms with Crippen LogP contribution in [-0.4, -0.2) is 24.5 Å². The molecule has 0 saturated heterocycles. The molecule has 0 atom stereocenters. The van der Waals surface area contributed by atoms with Gasteiger partial charge in [0, 0.05) is 0 Å². The van der Waals surface area contributed by atoms with Crippen molar-refractivity contribution in [2.45, 2.75) is 19.4 Å². The zero-order chi connectivity index (χ0) is 6.78. The number of hydrogen-bond acceptors (Lipinski definition) is 3. The molecule has 48 valence electrons. The third-order valence-electron chi connectivity index (χ3n) is 0.385. The summed E-state index contributed by atoms with van der Waals surface area (Å²) in [4.78, 5) is 0. The summed E-state index contributed by atoms with van der Waals surface area (Å²) in [5, 5.41) is 9.57. The zero-order valence-corrected chi connectivity index (χ0v) is 5.57. The Morgan fingerprint density at radius 2 is 1.88 bits per heavy atom. The predicted octanol–water partition coefficient (Wildman–Crippen LogP) is -0.561. The van der Waals surface area contributed by atoms with Gasteiger partial charge in [-0.05, 0) is 13.8 Å². The first-order valence-corrected chi connectivity index (χ1v) is 3.22. The SMILES string of the molecule is CC(C)(O)C=S(=O)=O. The van der Waals surface area contributed by atoms with Gasteiger partial charge < -0.3 is 5.11 Å². The van der Waals surface area contributed by atoms with E-state index >= 15 is 0 Å². The molecule has 0 aromatic heterocycles. The maximum Gasteiger partial charge on any atom is 0.212 e. The fourth-order valence-electron chi connectivity index (χ4n) is 0.235. The molecule has 0 rings (SSSR count). The van der Waals surface area contributed by atoms with Crippen LogP contribution in [0.25, 0.3) is 0 Å². The third-order valence-corrected chi connectivity index (χ3v) is 1.15. The van der Waals surface area contributed by atoms with E-state index in [9.17, 15) is 8.42 Å². The standard InChI is InChI=1S/C4H8O3S/c1-4(2,5)3-8(6)7/h3,5H,1-2H3. The van der Waals surface area contributed by atoms with Crippen molar-refractivity contribution in [2.24, 2.45) is 0 Å². The average molecular weight is 136 g/mol. The average Bonchev–Trinajstić information content (AvgIpc) is 1.21. The summed E-state index contributed by atoms with van der Waals surface area (Å²) in [7, 11) is -2.26. The summed E-state index contributed by atoms with van der Waals surface area (Å²) in [6, 6.07) is 0. The minimum Gasteiger partial charge on any atom is -0.385 e. The Bertz CT molecular complexity index is 174. The van der Waals surface area contributed by atoms with Crippen molar-refractivity contribution < 1.29 is 13.5 Å². The minimum atomic E-state index is -2.26. The summed E-state index contributed by atoms with van der Waals surface area (Å²) in [5.74, 6) is 0. The second-order valence-electron chi connectivity index (χ2n) is 2.03. The summed E-state index contributed by atoms with van der Waals surface area (Å²) < 4.78 is 19.6. The third kappa shape index (κ3) is 5.65. The number of rotatable bonds is 1. The van der Waals surface area contributed by atoms with E-state index in [2.05, 4.69) is 0 Å². The molecule has 0 bridgehead atoms. The Labute approximate surface area is 49.5 Å². The molecule has 0 amide bonds. The van der Waals surface area contributed by atoms with Crippen LogP contribution >= 0.6 is 0 Å². The Hall–Kier alpha value is -0.350. The van der Waals surface area contributed by atoms with Crippen LogP contribution in [0.2, 0.25) is 0 Å². The summed E-state index contributed by atoms with van der Waals surface area (Å²) in [6.07, 6.45) is 0. The number of hydrogen-bond donors (Lipinski definition) is 1. The predicted molar refractivity (Wildman–Crippen MR) is 31.3 cm³/mol. The van der Waals surface area contributed by atoms with Gasteiger partial charge in [0.15, 0.2) is 0 Å². The van der Waals surface area contributed by atoms with Gasteiger partial charge in [-0.1, -0.05) is 0 Å². The van der Waals surface area contributed by atoms with Gasteiger partial charge in [0.2, 0.25) is 10.3 Å². The lowest BCUT2D eigenvalue weighted by Gasteiger charge is -2.05. The molecular weight excluding hydrogens is 128 g/mol. The van der Waals surface area contributed by atoms with Crippen LogP contribution < -0.4 is 0 Å². The molecule has 0 unspecified atom stereocenters. The van der Waals surface area contributed by atoms with Crippen LogP contribution in [0.3, 0.4) is 0 Å². The maximum absolute atomic E-state index is 9.80. The first-order valence-electron chi connectivity index (χ1n) is 2.08. The molecule has 0 aliphatic carbocycles. The molecule has 4 heteroatoms. The van der Waals surface area contributed by atoms with Crippen molar-refractivity contribution in [3.8, 4) is 0 Å². The van der Waals surface area contributed by atoms with Crippen molar-refractivity contribution in [3.05, 3.63) is 0 Å². The topological polar surface area (TPSA) is 54.4 Å². The van der Waals surface area contributed by atoms with E-state index in [0.29, 0.717) is 0 Å². The normalized spacial score (nSPS) is 10.9. The second-order valence-corrected chi connectivity index (χ2v) is 2.79. The summed E-state index contributed by atoms with van der Waals surface area (Å²) in [5.41, 5.74) is -1.22. The van der Waals surface area contributed by atoms with E-state index in [1.807, 2.05) is 0 Å². The lowest BCUT2D eigenvalue weighted by atomic mass is 10.2. The minimum absolute atomic E-state index is 0.826. The van der Waals surface area contributed by atoms with Gasteiger partial charge >= 0.3 is 0 Å². The molecule has 0 aliphatic heterocycles. The van der Waals surface area contributed by atoms with Crippen LogP contribution in [0.15, 0.2) is 0 Å². The highest BCUT2D eigenvalue weighted by atomic mass is 32.2. The second kappa shape index (κ2) is 2.28. The molecule has 8 heavy (non-hydrogen) atoms. The monoisotopic (exact) mass is 136 g/mol. The fourth-order valence-corrected chi connectivity index (χ4v) is 0.706. The fraction of sp³-hybridized carbons (Fsp3) is 0.750. The van der Waals surface area contributed by atoms with Gasteiger partial charge in [0.05, 0.1) is 11.0 Å². The van der Waals surface area contributed by atoms with Gasteiger partial charge in [-0.25, -0.2) is 0 Å². The lowest BCUT2D eigenvalue weighted by Crippen LogP contribution is -2.20. The van der Waals surface area contributed by atoms with Crippen LogP contribution in [0, 0.1) is 0 Å². The van der Waals surface area contributed by atoms with E-state index in [1.165, 1.54) is 13.8 Å². The van der Waals surface area contributed by atoms with Crippen molar-refractivity contribution in [3.63, 3.8) is 0 Å². The molecule has 3 nitrogen and oxygen atoms in total. The van der Waals surface area contributed by atoms with E-state index in [4.69, 9.17) is 5.11 Å². The van der Waals surface area contributed by atoms with Crippen LogP contribution in [0.5, 0.6) is 0 Å². The highest BCUT2D eigenvalue weighted by Gasteiger charge is 2.07. The molecule has 0 saturated carbocycles. The molecule has 0 radical (unpaired) electrons. The first kappa shape index (κ1) is 7.65. The Morgan fingerprint density at radius 1 is 1.50 bits per heavy atom. The van der Waals surface area contributed by atoms with Crippen LogP contribution in [0.1, 0.15) is 13.8 Å². The molecular formula is C4H8O3S. The van der Waals surface area contributed by atoms with Crippen molar-refractivity contribution in [2.75, 3.05) is 0 Å². The highest BCUT2D eigenvalue weighted by molar-refractivity contribution is 7.71. The van der Waals surface area contributed by atoms with Crippen molar-refractivity contribution in [1.29, 1.82) is 0 Å². The highest BCUT2D eigenvalue weighted by Crippen LogP contribution is 1.92. The smallest absolute Gasteiger partial charge is 0.212 e. The van der Waals surface area contributed by atoms with E-state index in [1.54, 1.807) is 0 Å². The summed E-state index contributed by atoms with van der Waals surface area (Å²) in [6.45, 7) is 2.78. The zero-order valence-electron chi connectivity index (χ0n) is 4.75. The van der Waals surface area contributed by atoms with Crippen LogP contribution in [-0.2, 0) is 10.3 Å². The van der Waals surface area contributed by atoms with E-state index in [-0.39, 0.29) is 0 Å². The van der Waals surface area contributed by atoms with Gasteiger partial charge in [0.1, 0.15) is 0 Å².